The van der Waals surface area contributed by atoms with E-state index in [1.54, 1.807) is 0 Å². The molecule has 1 heterocycles. The maximum Gasteiger partial charge on any atom is 0.284 e. The highest BCUT2D eigenvalue weighted by Crippen LogP contribution is 2.28. The molecule has 6 heteroatoms. The van der Waals surface area contributed by atoms with Crippen LogP contribution in [0.2, 0.25) is 0 Å². The molecule has 0 aliphatic rings. The first-order valence-electron chi connectivity index (χ1n) is 7.10. The Morgan fingerprint density at radius 2 is 2.05 bits per heavy atom. The molecule has 22 heavy (non-hydrogen) atoms. The maximum atomic E-state index is 12.3. The van der Waals surface area contributed by atoms with Crippen molar-refractivity contribution in [3.8, 4) is 5.75 Å². The lowest BCUT2D eigenvalue weighted by Gasteiger charge is -2.09. The topological polar surface area (TPSA) is 44.1 Å². The van der Waals surface area contributed by atoms with Crippen LogP contribution < -0.4 is 4.74 Å². The minimum Gasteiger partial charge on any atom is -0.482 e. The number of hydrogen-bond donors (Lipinski definition) is 0. The molecule has 0 N–H and O–H groups in total. The Morgan fingerprint density at radius 1 is 1.32 bits per heavy atom. The first kappa shape index (κ1) is 17.2. The molecule has 0 atom stereocenters. The standard InChI is InChI=1S/C16H18Br2N2O2/c1-4-5-13-10(2)19-20(11(13)3)16(21)9-22-15-7-6-12(17)8-14(15)18/h6-8H,4-5,9H2,1-3H3. The summed E-state index contributed by atoms with van der Waals surface area (Å²) < 4.78 is 8.79. The molecule has 2 aromatic rings. The fourth-order valence-electron chi connectivity index (χ4n) is 2.32. The number of aromatic nitrogens is 2. The van der Waals surface area contributed by atoms with E-state index in [9.17, 15) is 4.79 Å². The number of nitrogens with zero attached hydrogens (tertiary/aromatic N) is 2. The summed E-state index contributed by atoms with van der Waals surface area (Å²) in [7, 11) is 0. The maximum absolute atomic E-state index is 12.3. The summed E-state index contributed by atoms with van der Waals surface area (Å²) in [6, 6.07) is 5.56. The van der Waals surface area contributed by atoms with Gasteiger partial charge in [-0.05, 0) is 60.0 Å². The quantitative estimate of drug-likeness (QED) is 0.691. The Balaban J connectivity index is 2.11. The molecule has 0 aliphatic heterocycles. The van der Waals surface area contributed by atoms with E-state index in [-0.39, 0.29) is 12.5 Å². The summed E-state index contributed by atoms with van der Waals surface area (Å²) in [5, 5.41) is 4.35. The summed E-state index contributed by atoms with van der Waals surface area (Å²) in [5.74, 6) is 0.463. The number of aryl methyl sites for hydroxylation is 1. The van der Waals surface area contributed by atoms with Gasteiger partial charge in [-0.2, -0.15) is 5.10 Å². The molecule has 0 amide bonds. The molecular formula is C16H18Br2N2O2. The molecule has 2 rings (SSSR count). The van der Waals surface area contributed by atoms with Gasteiger partial charge in [-0.25, -0.2) is 4.68 Å². The van der Waals surface area contributed by atoms with E-state index in [0.717, 1.165) is 38.7 Å². The second-order valence-electron chi connectivity index (χ2n) is 5.07. The molecule has 0 saturated carbocycles. The molecular weight excluding hydrogens is 412 g/mol. The Bertz CT molecular complexity index is 696. The van der Waals surface area contributed by atoms with Gasteiger partial charge < -0.3 is 4.74 Å². The van der Waals surface area contributed by atoms with Crippen LogP contribution in [0.5, 0.6) is 5.75 Å². The van der Waals surface area contributed by atoms with E-state index < -0.39 is 0 Å². The Labute approximate surface area is 147 Å². The molecule has 1 aromatic heterocycles. The number of halogens is 2. The van der Waals surface area contributed by atoms with Gasteiger partial charge in [0.25, 0.3) is 5.91 Å². The summed E-state index contributed by atoms with van der Waals surface area (Å²) in [5.41, 5.74) is 2.97. The highest BCUT2D eigenvalue weighted by molar-refractivity contribution is 9.11. The van der Waals surface area contributed by atoms with Crippen LogP contribution >= 0.6 is 31.9 Å². The third kappa shape index (κ3) is 3.79. The molecule has 0 spiro atoms. The third-order valence-corrected chi connectivity index (χ3v) is 4.54. The summed E-state index contributed by atoms with van der Waals surface area (Å²) in [6.07, 6.45) is 1.97. The minimum absolute atomic E-state index is 0.0479. The van der Waals surface area contributed by atoms with Crippen molar-refractivity contribution >= 4 is 37.8 Å². The smallest absolute Gasteiger partial charge is 0.284 e. The lowest BCUT2D eigenvalue weighted by atomic mass is 10.1. The van der Waals surface area contributed by atoms with E-state index in [1.165, 1.54) is 4.68 Å². The summed E-state index contributed by atoms with van der Waals surface area (Å²) >= 11 is 6.80. The molecule has 0 bridgehead atoms. The van der Waals surface area contributed by atoms with Gasteiger partial charge in [0.15, 0.2) is 6.61 Å². The fourth-order valence-corrected chi connectivity index (χ4v) is 3.48. The molecule has 0 unspecified atom stereocenters. The van der Waals surface area contributed by atoms with E-state index in [0.29, 0.717) is 5.75 Å². The first-order valence-corrected chi connectivity index (χ1v) is 8.68. The molecule has 0 fully saturated rings. The van der Waals surface area contributed by atoms with E-state index in [4.69, 9.17) is 4.74 Å². The van der Waals surface area contributed by atoms with E-state index in [1.807, 2.05) is 32.0 Å². The predicted octanol–water partition coefficient (Wildman–Crippen LogP) is 4.70. The second kappa shape index (κ2) is 7.42. The van der Waals surface area contributed by atoms with Gasteiger partial charge in [0.05, 0.1) is 10.2 Å². The monoisotopic (exact) mass is 428 g/mol. The molecule has 118 valence electrons. The van der Waals surface area contributed by atoms with Crippen LogP contribution in [0.15, 0.2) is 27.1 Å². The fraction of sp³-hybridized carbons (Fsp3) is 0.375. The van der Waals surface area contributed by atoms with Crippen molar-refractivity contribution in [3.05, 3.63) is 44.1 Å². The van der Waals surface area contributed by atoms with Crippen LogP contribution in [0.25, 0.3) is 0 Å². The van der Waals surface area contributed by atoms with Crippen LogP contribution in [0.4, 0.5) is 0 Å². The van der Waals surface area contributed by atoms with Gasteiger partial charge in [-0.3, -0.25) is 4.79 Å². The van der Waals surface area contributed by atoms with Gasteiger partial charge >= 0.3 is 0 Å². The van der Waals surface area contributed by atoms with Gasteiger partial charge in [0, 0.05) is 10.2 Å². The van der Waals surface area contributed by atoms with E-state index in [2.05, 4.69) is 43.9 Å². The Hall–Kier alpha value is -1.14. The van der Waals surface area contributed by atoms with Crippen molar-refractivity contribution in [1.29, 1.82) is 0 Å². The molecule has 0 saturated heterocycles. The number of rotatable bonds is 5. The van der Waals surface area contributed by atoms with Crippen molar-refractivity contribution in [3.63, 3.8) is 0 Å². The first-order chi connectivity index (χ1) is 10.4. The minimum atomic E-state index is -0.169. The van der Waals surface area contributed by atoms with Crippen LogP contribution in [0.3, 0.4) is 0 Å². The summed E-state index contributed by atoms with van der Waals surface area (Å²) in [4.78, 5) is 12.3. The largest absolute Gasteiger partial charge is 0.482 e. The zero-order valence-electron chi connectivity index (χ0n) is 12.8. The van der Waals surface area contributed by atoms with Crippen LogP contribution in [-0.2, 0) is 6.42 Å². The summed E-state index contributed by atoms with van der Waals surface area (Å²) in [6.45, 7) is 5.94. The lowest BCUT2D eigenvalue weighted by molar-refractivity contribution is 0.0817. The molecule has 4 nitrogen and oxygen atoms in total. The zero-order chi connectivity index (χ0) is 16.3. The van der Waals surface area contributed by atoms with Crippen LogP contribution in [0, 0.1) is 13.8 Å². The normalized spacial score (nSPS) is 10.8. The van der Waals surface area contributed by atoms with Gasteiger partial charge in [-0.15, -0.1) is 0 Å². The van der Waals surface area contributed by atoms with Crippen molar-refractivity contribution in [2.24, 2.45) is 0 Å². The van der Waals surface area contributed by atoms with Crippen LogP contribution in [0.1, 0.15) is 35.1 Å². The van der Waals surface area contributed by atoms with Crippen molar-refractivity contribution in [2.45, 2.75) is 33.6 Å². The molecule has 0 aliphatic carbocycles. The highest BCUT2D eigenvalue weighted by atomic mass is 79.9. The predicted molar refractivity (Wildman–Crippen MR) is 93.7 cm³/mol. The second-order valence-corrected chi connectivity index (χ2v) is 6.84. The highest BCUT2D eigenvalue weighted by Gasteiger charge is 2.16. The SMILES string of the molecule is CCCc1c(C)nn(C(=O)COc2ccc(Br)cc2Br)c1C. The number of hydrogen-bond acceptors (Lipinski definition) is 3. The lowest BCUT2D eigenvalue weighted by Crippen LogP contribution is -2.22. The average molecular weight is 430 g/mol. The van der Waals surface area contributed by atoms with E-state index >= 15 is 0 Å². The molecule has 1 aromatic carbocycles. The number of carbonyl (C=O) groups excluding carboxylic acids is 1. The Morgan fingerprint density at radius 3 is 2.68 bits per heavy atom. The number of carbonyl (C=O) groups is 1. The number of benzene rings is 1. The average Bonchev–Trinajstić information content (AvgIpc) is 2.74. The molecule has 0 radical (unpaired) electrons. The van der Waals surface area contributed by atoms with Crippen molar-refractivity contribution < 1.29 is 9.53 Å². The van der Waals surface area contributed by atoms with Gasteiger partial charge in [0.2, 0.25) is 0 Å². The van der Waals surface area contributed by atoms with Gasteiger partial charge in [-0.1, -0.05) is 29.3 Å². The van der Waals surface area contributed by atoms with Crippen molar-refractivity contribution in [1.82, 2.24) is 9.78 Å². The zero-order valence-corrected chi connectivity index (χ0v) is 16.0. The van der Waals surface area contributed by atoms with Crippen LogP contribution in [-0.4, -0.2) is 22.3 Å². The number of ether oxygens (including phenoxy) is 1. The Kier molecular flexibility index (Phi) is 5.81. The van der Waals surface area contributed by atoms with Crippen molar-refractivity contribution in [2.75, 3.05) is 6.61 Å². The third-order valence-electron chi connectivity index (χ3n) is 3.42. The van der Waals surface area contributed by atoms with Gasteiger partial charge in [0.1, 0.15) is 5.75 Å².